The largest absolute Gasteiger partial charge is 0.493 e. The summed E-state index contributed by atoms with van der Waals surface area (Å²) in [6, 6.07) is 20.1. The molecule has 0 aliphatic rings. The zero-order valence-corrected chi connectivity index (χ0v) is 21.4. The molecule has 1 amide bonds. The maximum Gasteiger partial charge on any atom is 0.252 e. The number of imidazole rings is 1. The van der Waals surface area contributed by atoms with Crippen LogP contribution in [0.1, 0.15) is 64.2 Å². The summed E-state index contributed by atoms with van der Waals surface area (Å²) in [6.07, 6.45) is 1.89. The predicted molar refractivity (Wildman–Crippen MR) is 142 cm³/mol. The van der Waals surface area contributed by atoms with E-state index in [0.29, 0.717) is 12.2 Å². The molecule has 1 atom stereocenters. The summed E-state index contributed by atoms with van der Waals surface area (Å²) in [6.45, 7) is 11.7. The highest BCUT2D eigenvalue weighted by Crippen LogP contribution is 2.23. The Bertz CT molecular complexity index is 1340. The van der Waals surface area contributed by atoms with E-state index in [1.54, 1.807) is 0 Å². The van der Waals surface area contributed by atoms with E-state index in [-0.39, 0.29) is 11.9 Å². The molecule has 35 heavy (non-hydrogen) atoms. The standard InChI is InChI=1S/C30H35N3O2/c1-20-13-15-25(23(4)18-20)30(34)31-24(5)29-32-26-10-6-7-11-27(26)33(29)16-8-9-17-35-28-19-21(2)12-14-22(28)3/h6-7,10-15,18-19,24H,8-9,16-17H2,1-5H3,(H,31,34). The van der Waals surface area contributed by atoms with Crippen molar-refractivity contribution in [2.45, 2.75) is 60.0 Å². The molecule has 0 aliphatic heterocycles. The van der Waals surface area contributed by atoms with Crippen LogP contribution in [0.15, 0.2) is 60.7 Å². The SMILES string of the molecule is Cc1ccc(C(=O)NC(C)c2nc3ccccc3n2CCCCOc2cc(C)ccc2C)c(C)c1. The minimum absolute atomic E-state index is 0.0736. The molecule has 0 aliphatic carbocycles. The highest BCUT2D eigenvalue weighted by atomic mass is 16.5. The fourth-order valence-electron chi connectivity index (χ4n) is 4.48. The number of carbonyl (C=O) groups is 1. The molecule has 1 heterocycles. The molecule has 0 fully saturated rings. The van der Waals surface area contributed by atoms with Crippen LogP contribution in [0.25, 0.3) is 11.0 Å². The number of aromatic nitrogens is 2. The van der Waals surface area contributed by atoms with Crippen molar-refractivity contribution in [3.05, 3.63) is 94.3 Å². The van der Waals surface area contributed by atoms with Crippen LogP contribution in [0.2, 0.25) is 0 Å². The summed E-state index contributed by atoms with van der Waals surface area (Å²) in [5.41, 5.74) is 7.23. The zero-order chi connectivity index (χ0) is 24.9. The number of unbranched alkanes of at least 4 members (excludes halogenated alkanes) is 1. The highest BCUT2D eigenvalue weighted by Gasteiger charge is 2.19. The van der Waals surface area contributed by atoms with E-state index in [9.17, 15) is 4.79 Å². The van der Waals surface area contributed by atoms with E-state index in [1.807, 2.05) is 57.2 Å². The molecule has 0 radical (unpaired) electrons. The molecule has 4 rings (SSSR count). The third kappa shape index (κ3) is 5.73. The monoisotopic (exact) mass is 469 g/mol. The van der Waals surface area contributed by atoms with Gasteiger partial charge in [-0.15, -0.1) is 0 Å². The second-order valence-corrected chi connectivity index (χ2v) is 9.45. The Morgan fingerprint density at radius 1 is 0.943 bits per heavy atom. The van der Waals surface area contributed by atoms with Gasteiger partial charge >= 0.3 is 0 Å². The number of fused-ring (bicyclic) bond motifs is 1. The van der Waals surface area contributed by atoms with Crippen molar-refractivity contribution in [1.29, 1.82) is 0 Å². The molecule has 0 spiro atoms. The van der Waals surface area contributed by atoms with Crippen LogP contribution >= 0.6 is 0 Å². The second-order valence-electron chi connectivity index (χ2n) is 9.45. The third-order valence-electron chi connectivity index (χ3n) is 6.42. The Hall–Kier alpha value is -3.60. The van der Waals surface area contributed by atoms with Gasteiger partial charge in [0, 0.05) is 12.1 Å². The summed E-state index contributed by atoms with van der Waals surface area (Å²) in [5, 5.41) is 3.16. The minimum Gasteiger partial charge on any atom is -0.493 e. The van der Waals surface area contributed by atoms with Crippen LogP contribution < -0.4 is 10.1 Å². The van der Waals surface area contributed by atoms with E-state index >= 15 is 0 Å². The summed E-state index contributed by atoms with van der Waals surface area (Å²) >= 11 is 0. The number of rotatable bonds is 9. The number of para-hydroxylation sites is 2. The first kappa shape index (κ1) is 24.5. The summed E-state index contributed by atoms with van der Waals surface area (Å²) in [7, 11) is 0. The fourth-order valence-corrected chi connectivity index (χ4v) is 4.48. The van der Waals surface area contributed by atoms with Gasteiger partial charge in [0.2, 0.25) is 0 Å². The van der Waals surface area contributed by atoms with Gasteiger partial charge in [-0.1, -0.05) is 42.0 Å². The number of carbonyl (C=O) groups excluding carboxylic acids is 1. The molecule has 182 valence electrons. The highest BCUT2D eigenvalue weighted by molar-refractivity contribution is 5.96. The van der Waals surface area contributed by atoms with Gasteiger partial charge in [-0.05, 0) is 88.4 Å². The molecule has 5 nitrogen and oxygen atoms in total. The van der Waals surface area contributed by atoms with E-state index in [0.717, 1.165) is 58.7 Å². The molecule has 0 saturated heterocycles. The lowest BCUT2D eigenvalue weighted by molar-refractivity contribution is 0.0937. The number of nitrogens with zero attached hydrogens (tertiary/aromatic N) is 2. The summed E-state index contributed by atoms with van der Waals surface area (Å²) < 4.78 is 8.28. The van der Waals surface area contributed by atoms with Gasteiger partial charge in [0.1, 0.15) is 11.6 Å². The molecule has 3 aromatic carbocycles. The summed E-state index contributed by atoms with van der Waals surface area (Å²) in [5.74, 6) is 1.76. The Morgan fingerprint density at radius 2 is 1.69 bits per heavy atom. The third-order valence-corrected chi connectivity index (χ3v) is 6.42. The average Bonchev–Trinajstić information content (AvgIpc) is 3.19. The van der Waals surface area contributed by atoms with Crippen LogP contribution in [0.5, 0.6) is 5.75 Å². The van der Waals surface area contributed by atoms with Crippen LogP contribution in [0.3, 0.4) is 0 Å². The van der Waals surface area contributed by atoms with E-state index in [2.05, 4.69) is 48.0 Å². The number of nitrogens with one attached hydrogen (secondary N) is 1. The number of benzene rings is 3. The van der Waals surface area contributed by atoms with Gasteiger partial charge in [0.15, 0.2) is 0 Å². The molecule has 1 N–H and O–H groups in total. The number of ether oxygens (including phenoxy) is 1. The first-order valence-corrected chi connectivity index (χ1v) is 12.4. The van der Waals surface area contributed by atoms with Crippen molar-refractivity contribution in [3.63, 3.8) is 0 Å². The average molecular weight is 470 g/mol. The van der Waals surface area contributed by atoms with Crippen molar-refractivity contribution >= 4 is 16.9 Å². The smallest absolute Gasteiger partial charge is 0.252 e. The van der Waals surface area contributed by atoms with Crippen molar-refractivity contribution in [1.82, 2.24) is 14.9 Å². The van der Waals surface area contributed by atoms with Crippen LogP contribution in [0, 0.1) is 27.7 Å². The van der Waals surface area contributed by atoms with E-state index < -0.39 is 0 Å². The first-order valence-electron chi connectivity index (χ1n) is 12.4. The lowest BCUT2D eigenvalue weighted by Gasteiger charge is -2.17. The van der Waals surface area contributed by atoms with Gasteiger partial charge in [0.25, 0.3) is 5.91 Å². The number of hydrogen-bond acceptors (Lipinski definition) is 3. The van der Waals surface area contributed by atoms with E-state index in [1.165, 1.54) is 5.56 Å². The Kier molecular flexibility index (Phi) is 7.54. The maximum atomic E-state index is 13.0. The molecule has 5 heteroatoms. The van der Waals surface area contributed by atoms with Crippen LogP contribution in [-0.2, 0) is 6.54 Å². The molecular weight excluding hydrogens is 434 g/mol. The molecule has 1 unspecified atom stereocenters. The number of aryl methyl sites for hydroxylation is 5. The quantitative estimate of drug-likeness (QED) is 0.280. The van der Waals surface area contributed by atoms with Crippen molar-refractivity contribution in [3.8, 4) is 5.75 Å². The van der Waals surface area contributed by atoms with E-state index in [4.69, 9.17) is 9.72 Å². The Morgan fingerprint density at radius 3 is 2.49 bits per heavy atom. The minimum atomic E-state index is -0.221. The fraction of sp³-hybridized carbons (Fsp3) is 0.333. The number of amides is 1. The maximum absolute atomic E-state index is 13.0. The van der Waals surface area contributed by atoms with Gasteiger partial charge in [-0.25, -0.2) is 4.98 Å². The van der Waals surface area contributed by atoms with Crippen LogP contribution in [0.4, 0.5) is 0 Å². The summed E-state index contributed by atoms with van der Waals surface area (Å²) in [4.78, 5) is 17.9. The first-order chi connectivity index (χ1) is 16.8. The van der Waals surface area contributed by atoms with Crippen molar-refractivity contribution in [2.24, 2.45) is 0 Å². The van der Waals surface area contributed by atoms with Crippen molar-refractivity contribution < 1.29 is 9.53 Å². The second kappa shape index (κ2) is 10.8. The molecular formula is C30H35N3O2. The molecule has 1 aromatic heterocycles. The number of hydrogen-bond donors (Lipinski definition) is 1. The van der Waals surface area contributed by atoms with Crippen LogP contribution in [-0.4, -0.2) is 22.1 Å². The molecule has 0 saturated carbocycles. The van der Waals surface area contributed by atoms with Gasteiger partial charge in [0.05, 0.1) is 23.7 Å². The lowest BCUT2D eigenvalue weighted by Crippen LogP contribution is -2.29. The van der Waals surface area contributed by atoms with Gasteiger partial charge < -0.3 is 14.6 Å². The molecule has 0 bridgehead atoms. The molecule has 4 aromatic rings. The van der Waals surface area contributed by atoms with Crippen molar-refractivity contribution in [2.75, 3.05) is 6.61 Å². The van der Waals surface area contributed by atoms with Gasteiger partial charge in [-0.2, -0.15) is 0 Å². The lowest BCUT2D eigenvalue weighted by atomic mass is 10.0. The van der Waals surface area contributed by atoms with Gasteiger partial charge in [-0.3, -0.25) is 4.79 Å². The topological polar surface area (TPSA) is 56.2 Å². The Balaban J connectivity index is 1.44. The Labute approximate surface area is 208 Å². The predicted octanol–water partition coefficient (Wildman–Crippen LogP) is 6.62. The zero-order valence-electron chi connectivity index (χ0n) is 21.4. The normalized spacial score (nSPS) is 12.0.